The van der Waals surface area contributed by atoms with Crippen LogP contribution in [-0.4, -0.2) is 20.9 Å². The molecule has 0 spiro atoms. The third-order valence-corrected chi connectivity index (χ3v) is 6.34. The van der Waals surface area contributed by atoms with Crippen molar-refractivity contribution in [1.29, 1.82) is 0 Å². The Morgan fingerprint density at radius 1 is 1.14 bits per heavy atom. The monoisotopic (exact) mass is 405 g/mol. The quantitative estimate of drug-likeness (QED) is 0.422. The predicted molar refractivity (Wildman–Crippen MR) is 114 cm³/mol. The Kier molecular flexibility index (Phi) is 4.07. The highest BCUT2D eigenvalue weighted by Crippen LogP contribution is 2.31. The summed E-state index contributed by atoms with van der Waals surface area (Å²) in [7, 11) is 0. The van der Waals surface area contributed by atoms with Gasteiger partial charge in [-0.05, 0) is 43.0 Å². The van der Waals surface area contributed by atoms with Crippen molar-refractivity contribution in [2.45, 2.75) is 11.8 Å². The molecule has 0 aliphatic heterocycles. The van der Waals surface area contributed by atoms with Crippen LogP contribution in [0.15, 0.2) is 62.6 Å². The standard InChI is InChI=1S/C21H15N3O2S2/c1-12-15-5-3-4-6-16(15)26-18(12)19-22-21-24(23-19)20(25)17(28-21)11-13-7-9-14(27-2)10-8-13/h3-11H,1-2H3. The number of para-hydroxylation sites is 1. The Bertz CT molecular complexity index is 1430. The number of rotatable bonds is 3. The summed E-state index contributed by atoms with van der Waals surface area (Å²) < 4.78 is 7.89. The molecule has 138 valence electrons. The molecular weight excluding hydrogens is 390 g/mol. The first-order valence-corrected chi connectivity index (χ1v) is 10.7. The zero-order valence-corrected chi connectivity index (χ0v) is 16.8. The van der Waals surface area contributed by atoms with E-state index in [0.29, 0.717) is 21.1 Å². The van der Waals surface area contributed by atoms with Crippen molar-refractivity contribution in [2.24, 2.45) is 0 Å². The van der Waals surface area contributed by atoms with Gasteiger partial charge in [-0.3, -0.25) is 4.79 Å². The molecule has 0 aliphatic carbocycles. The van der Waals surface area contributed by atoms with Gasteiger partial charge in [-0.15, -0.1) is 16.9 Å². The van der Waals surface area contributed by atoms with Crippen molar-refractivity contribution in [3.63, 3.8) is 0 Å². The van der Waals surface area contributed by atoms with E-state index in [9.17, 15) is 4.79 Å². The number of thiazole rings is 1. The van der Waals surface area contributed by atoms with E-state index >= 15 is 0 Å². The zero-order chi connectivity index (χ0) is 19.3. The highest BCUT2D eigenvalue weighted by atomic mass is 32.2. The highest BCUT2D eigenvalue weighted by molar-refractivity contribution is 7.98. The van der Waals surface area contributed by atoms with E-state index < -0.39 is 0 Å². The molecule has 5 rings (SSSR count). The second kappa shape index (κ2) is 6.61. The van der Waals surface area contributed by atoms with Gasteiger partial charge in [0.05, 0.1) is 4.53 Å². The van der Waals surface area contributed by atoms with Crippen molar-refractivity contribution >= 4 is 45.1 Å². The first kappa shape index (κ1) is 17.2. The van der Waals surface area contributed by atoms with Crippen LogP contribution in [0, 0.1) is 6.92 Å². The molecule has 3 aromatic heterocycles. The molecule has 0 saturated carbocycles. The number of hydrogen-bond acceptors (Lipinski definition) is 6. The molecule has 0 amide bonds. The summed E-state index contributed by atoms with van der Waals surface area (Å²) in [4.78, 5) is 19.1. The fourth-order valence-electron chi connectivity index (χ4n) is 3.17. The van der Waals surface area contributed by atoms with Crippen LogP contribution in [0.4, 0.5) is 0 Å². The van der Waals surface area contributed by atoms with Crippen LogP contribution in [0.5, 0.6) is 0 Å². The van der Waals surface area contributed by atoms with Crippen molar-refractivity contribution in [1.82, 2.24) is 14.6 Å². The van der Waals surface area contributed by atoms with Gasteiger partial charge in [-0.1, -0.05) is 41.7 Å². The van der Waals surface area contributed by atoms with Crippen LogP contribution in [0.1, 0.15) is 11.1 Å². The maximum Gasteiger partial charge on any atom is 0.291 e. The van der Waals surface area contributed by atoms with Crippen LogP contribution in [0.3, 0.4) is 0 Å². The number of fused-ring (bicyclic) bond motifs is 2. The highest BCUT2D eigenvalue weighted by Gasteiger charge is 2.18. The van der Waals surface area contributed by atoms with Gasteiger partial charge in [0, 0.05) is 15.8 Å². The summed E-state index contributed by atoms with van der Waals surface area (Å²) in [5.74, 6) is 1.04. The minimum atomic E-state index is -0.165. The number of nitrogens with zero attached hydrogens (tertiary/aromatic N) is 3. The first-order valence-electron chi connectivity index (χ1n) is 8.68. The van der Waals surface area contributed by atoms with Crippen molar-refractivity contribution < 1.29 is 4.42 Å². The van der Waals surface area contributed by atoms with Gasteiger partial charge in [0.2, 0.25) is 10.8 Å². The first-order chi connectivity index (χ1) is 13.6. The summed E-state index contributed by atoms with van der Waals surface area (Å²) in [6, 6.07) is 15.9. The molecule has 28 heavy (non-hydrogen) atoms. The minimum Gasteiger partial charge on any atom is -0.452 e. The number of aryl methyl sites for hydroxylation is 1. The molecule has 2 aromatic carbocycles. The number of hydrogen-bond donors (Lipinski definition) is 0. The molecule has 0 saturated heterocycles. The molecule has 0 aliphatic rings. The lowest BCUT2D eigenvalue weighted by Gasteiger charge is -1.95. The molecule has 5 aromatic rings. The lowest BCUT2D eigenvalue weighted by Crippen LogP contribution is -2.23. The number of aromatic nitrogens is 3. The maximum atomic E-state index is 12.8. The summed E-state index contributed by atoms with van der Waals surface area (Å²) in [6.45, 7) is 1.98. The van der Waals surface area contributed by atoms with Gasteiger partial charge >= 0.3 is 0 Å². The number of furan rings is 1. The van der Waals surface area contributed by atoms with Crippen molar-refractivity contribution in [3.05, 3.63) is 74.5 Å². The Balaban J connectivity index is 1.60. The van der Waals surface area contributed by atoms with Crippen LogP contribution < -0.4 is 10.1 Å². The van der Waals surface area contributed by atoms with Gasteiger partial charge in [0.25, 0.3) is 5.56 Å². The fraction of sp³-hybridized carbons (Fsp3) is 0.0952. The van der Waals surface area contributed by atoms with Gasteiger partial charge in [0.1, 0.15) is 5.58 Å². The van der Waals surface area contributed by atoms with Gasteiger partial charge in [-0.25, -0.2) is 0 Å². The molecule has 0 bridgehead atoms. The van der Waals surface area contributed by atoms with Crippen molar-refractivity contribution in [2.75, 3.05) is 6.26 Å². The van der Waals surface area contributed by atoms with Crippen LogP contribution in [-0.2, 0) is 0 Å². The minimum absolute atomic E-state index is 0.165. The molecule has 5 nitrogen and oxygen atoms in total. The van der Waals surface area contributed by atoms with E-state index in [1.54, 1.807) is 11.8 Å². The van der Waals surface area contributed by atoms with E-state index in [-0.39, 0.29) is 5.56 Å². The molecular formula is C21H15N3O2S2. The summed E-state index contributed by atoms with van der Waals surface area (Å²) in [6.07, 6.45) is 3.91. The molecule has 7 heteroatoms. The van der Waals surface area contributed by atoms with E-state index in [0.717, 1.165) is 22.1 Å². The normalized spacial score (nSPS) is 12.4. The molecule has 0 radical (unpaired) electrons. The maximum absolute atomic E-state index is 12.8. The summed E-state index contributed by atoms with van der Waals surface area (Å²) in [5.41, 5.74) is 2.58. The lowest BCUT2D eigenvalue weighted by molar-refractivity contribution is 0.622. The van der Waals surface area contributed by atoms with Gasteiger partial charge < -0.3 is 4.42 Å². The van der Waals surface area contributed by atoms with E-state index in [1.165, 1.54) is 20.7 Å². The van der Waals surface area contributed by atoms with Crippen LogP contribution >= 0.6 is 23.1 Å². The fourth-order valence-corrected chi connectivity index (χ4v) is 4.49. The van der Waals surface area contributed by atoms with E-state index in [2.05, 4.69) is 10.1 Å². The second-order valence-electron chi connectivity index (χ2n) is 6.37. The third kappa shape index (κ3) is 2.75. The van der Waals surface area contributed by atoms with Gasteiger partial charge in [0.15, 0.2) is 5.76 Å². The largest absolute Gasteiger partial charge is 0.452 e. The van der Waals surface area contributed by atoms with Crippen LogP contribution in [0.2, 0.25) is 0 Å². The average molecular weight is 406 g/mol. The van der Waals surface area contributed by atoms with Crippen molar-refractivity contribution in [3.8, 4) is 11.6 Å². The molecule has 0 N–H and O–H groups in total. The number of benzene rings is 2. The van der Waals surface area contributed by atoms with E-state index in [1.807, 2.05) is 67.8 Å². The van der Waals surface area contributed by atoms with Gasteiger partial charge in [-0.2, -0.15) is 9.50 Å². The smallest absolute Gasteiger partial charge is 0.291 e. The topological polar surface area (TPSA) is 60.4 Å². The molecule has 0 unspecified atom stereocenters. The Morgan fingerprint density at radius 2 is 1.93 bits per heavy atom. The Labute approximate surface area is 168 Å². The van der Waals surface area contributed by atoms with E-state index in [4.69, 9.17) is 4.42 Å². The molecule has 0 atom stereocenters. The Morgan fingerprint density at radius 3 is 2.64 bits per heavy atom. The van der Waals surface area contributed by atoms with Crippen LogP contribution in [0.25, 0.3) is 33.6 Å². The lowest BCUT2D eigenvalue weighted by atomic mass is 10.1. The third-order valence-electron chi connectivity index (χ3n) is 4.64. The summed E-state index contributed by atoms with van der Waals surface area (Å²) in [5, 5.41) is 5.44. The average Bonchev–Trinajstić information content (AvgIpc) is 3.36. The predicted octanol–water partition coefficient (Wildman–Crippen LogP) is 4.14. The molecule has 0 fully saturated rings. The SMILES string of the molecule is CSc1ccc(C=c2sc3nc(-c4oc5ccccc5c4C)nn3c2=O)cc1. The molecule has 3 heterocycles. The second-order valence-corrected chi connectivity index (χ2v) is 8.26. The summed E-state index contributed by atoms with van der Waals surface area (Å²) >= 11 is 3.02. The number of thioether (sulfide) groups is 1. The Hall–Kier alpha value is -2.90. The zero-order valence-electron chi connectivity index (χ0n) is 15.2.